The van der Waals surface area contributed by atoms with Gasteiger partial charge in [-0.2, -0.15) is 10.5 Å². The summed E-state index contributed by atoms with van der Waals surface area (Å²) in [5, 5.41) is 18.2. The maximum Gasteiger partial charge on any atom is 0.348 e. The van der Waals surface area contributed by atoms with Gasteiger partial charge in [0.25, 0.3) is 0 Å². The third-order valence-electron chi connectivity index (χ3n) is 3.11. The van der Waals surface area contributed by atoms with Crippen molar-refractivity contribution in [1.82, 2.24) is 0 Å². The lowest BCUT2D eigenvalue weighted by Crippen LogP contribution is -2.07. The fourth-order valence-corrected chi connectivity index (χ4v) is 1.84. The lowest BCUT2D eigenvalue weighted by Gasteiger charge is -2.03. The van der Waals surface area contributed by atoms with Crippen molar-refractivity contribution in [3.05, 3.63) is 46.5 Å². The van der Waals surface area contributed by atoms with Gasteiger partial charge in [0.05, 0.1) is 13.2 Å². The molecule has 1 aromatic rings. The van der Waals surface area contributed by atoms with Gasteiger partial charge in [0, 0.05) is 0 Å². The highest BCUT2D eigenvalue weighted by Crippen LogP contribution is 2.13. The number of ether oxygens (including phenoxy) is 2. The summed E-state index contributed by atoms with van der Waals surface area (Å²) in [6.07, 6.45) is 4.19. The van der Waals surface area contributed by atoms with Crippen LogP contribution in [0.2, 0.25) is 0 Å². The third-order valence-corrected chi connectivity index (χ3v) is 3.11. The summed E-state index contributed by atoms with van der Waals surface area (Å²) in [7, 11) is 0. The van der Waals surface area contributed by atoms with Crippen LogP contribution in [0.15, 0.2) is 35.4 Å². The van der Waals surface area contributed by atoms with Gasteiger partial charge in [0.15, 0.2) is 0 Å². The van der Waals surface area contributed by atoms with E-state index in [0.29, 0.717) is 24.0 Å². The van der Waals surface area contributed by atoms with Crippen molar-refractivity contribution in [1.29, 1.82) is 10.5 Å². The molecule has 0 amide bonds. The molecule has 0 radical (unpaired) electrons. The highest BCUT2D eigenvalue weighted by Gasteiger charge is 2.11. The molecule has 1 rings (SSSR count). The Bertz CT molecular complexity index is 711. The van der Waals surface area contributed by atoms with Crippen LogP contribution >= 0.6 is 0 Å². The van der Waals surface area contributed by atoms with Crippen LogP contribution in [0.3, 0.4) is 0 Å². The molecule has 0 aliphatic rings. The molecule has 0 saturated heterocycles. The van der Waals surface area contributed by atoms with Crippen molar-refractivity contribution in [3.63, 3.8) is 0 Å². The molecule has 0 saturated carbocycles. The van der Waals surface area contributed by atoms with Gasteiger partial charge in [0.1, 0.15) is 23.3 Å². The highest BCUT2D eigenvalue weighted by molar-refractivity contribution is 5.98. The van der Waals surface area contributed by atoms with Gasteiger partial charge in [-0.1, -0.05) is 38.1 Å². The fraction of sp³-hybridized carbons (Fsp3) is 0.300. The first kappa shape index (κ1) is 20.7. The Morgan fingerprint density at radius 1 is 0.846 bits per heavy atom. The van der Waals surface area contributed by atoms with Gasteiger partial charge in [0.2, 0.25) is 0 Å². The standard InChI is InChI=1S/C20H20N2O4/c1-3-9-25-19(23)17(13-21)11-15-5-7-16(8-6-15)12-18(14-22)20(24)26-10-4-2/h5-8,11-12H,3-4,9-10H2,1-2H3. The summed E-state index contributed by atoms with van der Waals surface area (Å²) in [6.45, 7) is 4.24. The zero-order chi connectivity index (χ0) is 19.4. The van der Waals surface area contributed by atoms with E-state index in [0.717, 1.165) is 0 Å². The molecule has 0 N–H and O–H groups in total. The van der Waals surface area contributed by atoms with E-state index in [4.69, 9.17) is 20.0 Å². The SMILES string of the molecule is CCCOC(=O)C(C#N)=Cc1ccc(C=C(C#N)C(=O)OCCC)cc1. The van der Waals surface area contributed by atoms with Gasteiger partial charge in [-0.05, 0) is 36.1 Å². The molecular formula is C20H20N2O4. The van der Waals surface area contributed by atoms with E-state index in [1.54, 1.807) is 24.3 Å². The molecule has 0 spiro atoms. The number of esters is 2. The second kappa shape index (κ2) is 11.2. The van der Waals surface area contributed by atoms with Gasteiger partial charge >= 0.3 is 11.9 Å². The molecule has 0 aliphatic carbocycles. The van der Waals surface area contributed by atoms with Gasteiger partial charge < -0.3 is 9.47 Å². The first-order valence-corrected chi connectivity index (χ1v) is 8.23. The molecule has 0 unspecified atom stereocenters. The van der Waals surface area contributed by atoms with Crippen molar-refractivity contribution in [2.75, 3.05) is 13.2 Å². The smallest absolute Gasteiger partial charge is 0.348 e. The van der Waals surface area contributed by atoms with E-state index in [1.807, 2.05) is 26.0 Å². The van der Waals surface area contributed by atoms with Crippen molar-refractivity contribution >= 4 is 24.1 Å². The maximum absolute atomic E-state index is 11.7. The molecule has 6 heteroatoms. The maximum atomic E-state index is 11.7. The monoisotopic (exact) mass is 352 g/mol. The number of carbonyl (C=O) groups excluding carboxylic acids is 2. The Labute approximate surface area is 152 Å². The minimum Gasteiger partial charge on any atom is -0.462 e. The summed E-state index contributed by atoms with van der Waals surface area (Å²) in [5.41, 5.74) is 1.06. The van der Waals surface area contributed by atoms with Crippen molar-refractivity contribution in [2.24, 2.45) is 0 Å². The second-order valence-corrected chi connectivity index (χ2v) is 5.28. The number of nitrogens with zero attached hydrogens (tertiary/aromatic N) is 2. The van der Waals surface area contributed by atoms with Crippen LogP contribution in [0.25, 0.3) is 12.2 Å². The Morgan fingerprint density at radius 2 is 1.19 bits per heavy atom. The van der Waals surface area contributed by atoms with Crippen LogP contribution in [-0.4, -0.2) is 25.2 Å². The number of carbonyl (C=O) groups is 2. The predicted molar refractivity (Wildman–Crippen MR) is 96.1 cm³/mol. The van der Waals surface area contributed by atoms with Gasteiger partial charge in [-0.15, -0.1) is 0 Å². The van der Waals surface area contributed by atoms with Crippen LogP contribution in [0.5, 0.6) is 0 Å². The molecule has 0 heterocycles. The van der Waals surface area contributed by atoms with Crippen molar-refractivity contribution in [2.45, 2.75) is 26.7 Å². The molecule has 0 aliphatic heterocycles. The molecule has 0 bridgehead atoms. The average molecular weight is 352 g/mol. The molecule has 0 fully saturated rings. The summed E-state index contributed by atoms with van der Waals surface area (Å²) >= 11 is 0. The lowest BCUT2D eigenvalue weighted by molar-refractivity contribution is -0.139. The molecule has 0 aromatic heterocycles. The zero-order valence-corrected chi connectivity index (χ0v) is 14.8. The Balaban J connectivity index is 2.94. The van der Waals surface area contributed by atoms with Gasteiger partial charge in [-0.3, -0.25) is 0 Å². The molecule has 0 atom stereocenters. The Hall–Kier alpha value is -3.38. The van der Waals surface area contributed by atoms with Crippen molar-refractivity contribution < 1.29 is 19.1 Å². The molecule has 134 valence electrons. The number of rotatable bonds is 8. The summed E-state index contributed by atoms with van der Waals surface area (Å²) in [5.74, 6) is -1.33. The fourth-order valence-electron chi connectivity index (χ4n) is 1.84. The van der Waals surface area contributed by atoms with E-state index in [1.165, 1.54) is 12.2 Å². The van der Waals surface area contributed by atoms with Gasteiger partial charge in [-0.25, -0.2) is 9.59 Å². The van der Waals surface area contributed by atoms with E-state index in [2.05, 4.69) is 0 Å². The summed E-state index contributed by atoms with van der Waals surface area (Å²) < 4.78 is 9.88. The Morgan fingerprint density at radius 3 is 1.46 bits per heavy atom. The van der Waals surface area contributed by atoms with E-state index in [9.17, 15) is 9.59 Å². The first-order valence-electron chi connectivity index (χ1n) is 8.23. The minimum atomic E-state index is -0.663. The van der Waals surface area contributed by atoms with E-state index >= 15 is 0 Å². The second-order valence-electron chi connectivity index (χ2n) is 5.28. The number of hydrogen-bond donors (Lipinski definition) is 0. The summed E-state index contributed by atoms with van der Waals surface area (Å²) in [4.78, 5) is 23.5. The molecule has 26 heavy (non-hydrogen) atoms. The number of nitriles is 2. The quantitative estimate of drug-likeness (QED) is 0.404. The van der Waals surface area contributed by atoms with Crippen molar-refractivity contribution in [3.8, 4) is 12.1 Å². The Kier molecular flexibility index (Phi) is 8.92. The highest BCUT2D eigenvalue weighted by atomic mass is 16.5. The number of hydrogen-bond acceptors (Lipinski definition) is 6. The predicted octanol–water partition coefficient (Wildman–Crippen LogP) is 3.41. The minimum absolute atomic E-state index is 0.0948. The first-order chi connectivity index (χ1) is 12.5. The van der Waals surface area contributed by atoms with Crippen LogP contribution < -0.4 is 0 Å². The van der Waals surface area contributed by atoms with E-state index in [-0.39, 0.29) is 24.4 Å². The van der Waals surface area contributed by atoms with E-state index < -0.39 is 11.9 Å². The largest absolute Gasteiger partial charge is 0.462 e. The average Bonchev–Trinajstić information content (AvgIpc) is 2.67. The van der Waals surface area contributed by atoms with Crippen LogP contribution in [0, 0.1) is 22.7 Å². The molecular weight excluding hydrogens is 332 g/mol. The number of benzene rings is 1. The summed E-state index contributed by atoms with van der Waals surface area (Å²) in [6, 6.07) is 10.3. The normalized spacial score (nSPS) is 11.2. The van der Waals surface area contributed by atoms with Crippen LogP contribution in [0.4, 0.5) is 0 Å². The molecule has 6 nitrogen and oxygen atoms in total. The third kappa shape index (κ3) is 6.62. The van der Waals surface area contributed by atoms with Crippen LogP contribution in [0.1, 0.15) is 37.8 Å². The molecule has 1 aromatic carbocycles. The van der Waals surface area contributed by atoms with Crippen LogP contribution in [-0.2, 0) is 19.1 Å². The zero-order valence-electron chi connectivity index (χ0n) is 14.8. The lowest BCUT2D eigenvalue weighted by atomic mass is 10.1. The topological polar surface area (TPSA) is 100 Å².